The Balaban J connectivity index is 2.74. The van der Waals surface area contributed by atoms with Gasteiger partial charge in [-0.3, -0.25) is 0 Å². The van der Waals surface area contributed by atoms with Crippen molar-refractivity contribution in [2.75, 3.05) is 7.11 Å². The summed E-state index contributed by atoms with van der Waals surface area (Å²) in [5.41, 5.74) is 0. The van der Waals surface area contributed by atoms with Gasteiger partial charge in [-0.1, -0.05) is 11.6 Å². The normalized spacial score (nSPS) is 14.9. The second-order valence-electron chi connectivity index (χ2n) is 2.55. The Morgan fingerprint density at radius 3 is 2.64 bits per heavy atom. The molecule has 0 saturated heterocycles. The predicted molar refractivity (Wildman–Crippen MR) is 52.3 cm³/mol. The first-order valence-electron chi connectivity index (χ1n) is 3.75. The maximum atomic E-state index is 10.9. The minimum absolute atomic E-state index is 0.424. The zero-order valence-electron chi connectivity index (χ0n) is 7.31. The molecule has 1 heterocycles. The Kier molecular flexibility index (Phi) is 3.88. The van der Waals surface area contributed by atoms with Crippen molar-refractivity contribution in [3.8, 4) is 0 Å². The molecule has 0 aliphatic rings. The molecule has 2 unspecified atom stereocenters. The number of carbonyl (C=O) groups excluding carboxylic acids is 1. The van der Waals surface area contributed by atoms with Gasteiger partial charge in [-0.05, 0) is 12.1 Å². The number of hydrogen-bond acceptors (Lipinski definition) is 5. The second kappa shape index (κ2) is 4.75. The molecule has 0 aliphatic carbocycles. The number of carbonyl (C=O) groups is 1. The number of thiophene rings is 1. The molecule has 0 radical (unpaired) electrons. The van der Waals surface area contributed by atoms with Crippen molar-refractivity contribution in [3.05, 3.63) is 21.3 Å². The fourth-order valence-electron chi connectivity index (χ4n) is 0.892. The summed E-state index contributed by atoms with van der Waals surface area (Å²) in [5, 5.41) is 18.8. The van der Waals surface area contributed by atoms with Crippen LogP contribution in [0.3, 0.4) is 0 Å². The molecule has 0 spiro atoms. The zero-order chi connectivity index (χ0) is 10.7. The Labute approximate surface area is 89.7 Å². The molecule has 4 nitrogen and oxygen atoms in total. The van der Waals surface area contributed by atoms with Crippen LogP contribution in [-0.4, -0.2) is 29.4 Å². The Morgan fingerprint density at radius 1 is 1.57 bits per heavy atom. The maximum absolute atomic E-state index is 10.9. The van der Waals surface area contributed by atoms with E-state index in [1.165, 1.54) is 0 Å². The molecule has 0 amide bonds. The number of rotatable bonds is 3. The van der Waals surface area contributed by atoms with Crippen molar-refractivity contribution in [2.45, 2.75) is 12.2 Å². The van der Waals surface area contributed by atoms with Gasteiger partial charge in [-0.25, -0.2) is 4.79 Å². The molecule has 0 saturated carbocycles. The molecule has 0 fully saturated rings. The van der Waals surface area contributed by atoms with Crippen molar-refractivity contribution < 1.29 is 19.7 Å². The molecule has 0 bridgehead atoms. The highest BCUT2D eigenvalue weighted by Gasteiger charge is 2.27. The number of esters is 1. The molecule has 1 aromatic rings. The molecular weight excluding hydrogens is 228 g/mol. The fourth-order valence-corrected chi connectivity index (χ4v) is 1.97. The summed E-state index contributed by atoms with van der Waals surface area (Å²) in [7, 11) is 1.14. The first kappa shape index (κ1) is 11.5. The minimum atomic E-state index is -1.57. The van der Waals surface area contributed by atoms with Crippen LogP contribution in [0.15, 0.2) is 12.1 Å². The first-order chi connectivity index (χ1) is 6.56. The van der Waals surface area contributed by atoms with Crippen LogP contribution in [0.5, 0.6) is 0 Å². The van der Waals surface area contributed by atoms with Crippen molar-refractivity contribution in [3.63, 3.8) is 0 Å². The fraction of sp³-hybridized carbons (Fsp3) is 0.375. The highest BCUT2D eigenvalue weighted by atomic mass is 35.5. The molecule has 2 atom stereocenters. The summed E-state index contributed by atoms with van der Waals surface area (Å²) >= 11 is 6.73. The highest BCUT2D eigenvalue weighted by Crippen LogP contribution is 2.28. The predicted octanol–water partition coefficient (Wildman–Crippen LogP) is 0.969. The summed E-state index contributed by atoms with van der Waals surface area (Å²) in [5.74, 6) is -0.873. The molecule has 0 aromatic carbocycles. The molecule has 0 aliphatic heterocycles. The lowest BCUT2D eigenvalue weighted by Crippen LogP contribution is -2.28. The monoisotopic (exact) mass is 236 g/mol. The van der Waals surface area contributed by atoms with Gasteiger partial charge in [0, 0.05) is 4.88 Å². The van der Waals surface area contributed by atoms with Gasteiger partial charge in [0.05, 0.1) is 11.4 Å². The van der Waals surface area contributed by atoms with Crippen molar-refractivity contribution in [2.24, 2.45) is 0 Å². The van der Waals surface area contributed by atoms with E-state index in [-0.39, 0.29) is 0 Å². The van der Waals surface area contributed by atoms with Crippen molar-refractivity contribution in [1.29, 1.82) is 0 Å². The highest BCUT2D eigenvalue weighted by molar-refractivity contribution is 7.16. The summed E-state index contributed by atoms with van der Waals surface area (Å²) in [4.78, 5) is 11.3. The number of methoxy groups -OCH3 is 1. The average Bonchev–Trinajstić information content (AvgIpc) is 2.61. The van der Waals surface area contributed by atoms with Crippen molar-refractivity contribution >= 4 is 28.9 Å². The second-order valence-corrected chi connectivity index (χ2v) is 4.30. The molecule has 78 valence electrons. The molecule has 14 heavy (non-hydrogen) atoms. The van der Waals surface area contributed by atoms with E-state index in [1.807, 2.05) is 0 Å². The Morgan fingerprint density at radius 2 is 2.21 bits per heavy atom. The molecule has 1 rings (SSSR count). The van der Waals surface area contributed by atoms with Crippen LogP contribution in [0.1, 0.15) is 11.0 Å². The van der Waals surface area contributed by atoms with Crippen LogP contribution in [-0.2, 0) is 9.53 Å². The van der Waals surface area contributed by atoms with Crippen LogP contribution in [0.2, 0.25) is 4.34 Å². The van der Waals surface area contributed by atoms with E-state index >= 15 is 0 Å². The SMILES string of the molecule is COC(=O)C(O)C(O)c1ccc(Cl)s1. The molecule has 1 aromatic heterocycles. The number of aliphatic hydroxyl groups excluding tert-OH is 2. The van der Waals surface area contributed by atoms with Crippen LogP contribution in [0.4, 0.5) is 0 Å². The van der Waals surface area contributed by atoms with Gasteiger partial charge < -0.3 is 14.9 Å². The largest absolute Gasteiger partial charge is 0.467 e. The third kappa shape index (κ3) is 2.45. The summed E-state index contributed by atoms with van der Waals surface area (Å²) in [6.07, 6.45) is -2.87. The van der Waals surface area contributed by atoms with E-state index in [0.29, 0.717) is 9.21 Å². The van der Waals surface area contributed by atoms with Crippen LogP contribution in [0, 0.1) is 0 Å². The number of hydrogen-bond donors (Lipinski definition) is 2. The Bertz CT molecular complexity index is 325. The number of aliphatic hydroxyl groups is 2. The quantitative estimate of drug-likeness (QED) is 0.768. The van der Waals surface area contributed by atoms with Crippen molar-refractivity contribution in [1.82, 2.24) is 0 Å². The lowest BCUT2D eigenvalue weighted by molar-refractivity contribution is -0.156. The third-order valence-electron chi connectivity index (χ3n) is 1.63. The van der Waals surface area contributed by atoms with Crippen LogP contribution in [0.25, 0.3) is 0 Å². The topological polar surface area (TPSA) is 66.8 Å². The molecule has 2 N–H and O–H groups in total. The number of ether oxygens (including phenoxy) is 1. The van der Waals surface area contributed by atoms with Gasteiger partial charge >= 0.3 is 5.97 Å². The van der Waals surface area contributed by atoms with E-state index < -0.39 is 18.2 Å². The zero-order valence-corrected chi connectivity index (χ0v) is 8.88. The lowest BCUT2D eigenvalue weighted by Gasteiger charge is -2.13. The van der Waals surface area contributed by atoms with Crippen LogP contribution >= 0.6 is 22.9 Å². The smallest absolute Gasteiger partial charge is 0.337 e. The van der Waals surface area contributed by atoms with Gasteiger partial charge in [0.25, 0.3) is 0 Å². The lowest BCUT2D eigenvalue weighted by atomic mass is 10.2. The van der Waals surface area contributed by atoms with E-state index in [4.69, 9.17) is 11.6 Å². The van der Waals surface area contributed by atoms with Gasteiger partial charge in [-0.15, -0.1) is 11.3 Å². The molecule has 6 heteroatoms. The van der Waals surface area contributed by atoms with E-state index in [0.717, 1.165) is 18.4 Å². The van der Waals surface area contributed by atoms with E-state index in [1.54, 1.807) is 12.1 Å². The summed E-state index contributed by atoms with van der Waals surface area (Å²) in [6.45, 7) is 0. The average molecular weight is 237 g/mol. The minimum Gasteiger partial charge on any atom is -0.467 e. The number of halogens is 1. The van der Waals surface area contributed by atoms with E-state index in [2.05, 4.69) is 4.74 Å². The summed E-state index contributed by atoms with van der Waals surface area (Å²) < 4.78 is 4.77. The first-order valence-corrected chi connectivity index (χ1v) is 4.95. The standard InChI is InChI=1S/C8H9ClO4S/c1-13-8(12)7(11)6(10)4-2-3-5(9)14-4/h2-3,6-7,10-11H,1H3. The van der Waals surface area contributed by atoms with Crippen LogP contribution < -0.4 is 0 Å². The summed E-state index contributed by atoms with van der Waals surface area (Å²) in [6, 6.07) is 3.12. The van der Waals surface area contributed by atoms with E-state index in [9.17, 15) is 15.0 Å². The third-order valence-corrected chi connectivity index (χ3v) is 2.93. The Hall–Kier alpha value is -0.620. The maximum Gasteiger partial charge on any atom is 0.337 e. The van der Waals surface area contributed by atoms with Gasteiger partial charge in [-0.2, -0.15) is 0 Å². The van der Waals surface area contributed by atoms with Gasteiger partial charge in [0.15, 0.2) is 6.10 Å². The van der Waals surface area contributed by atoms with Gasteiger partial charge in [0.1, 0.15) is 6.10 Å². The van der Waals surface area contributed by atoms with Gasteiger partial charge in [0.2, 0.25) is 0 Å². The molecular formula is C8H9ClO4S.